The molecular formula is C15H20ClN3O2. The van der Waals surface area contributed by atoms with Gasteiger partial charge in [-0.3, -0.25) is 4.79 Å². The number of aryl methyl sites for hydroxylation is 1. The highest BCUT2D eigenvalue weighted by atomic mass is 35.5. The number of para-hydroxylation sites is 1. The molecular weight excluding hydrogens is 290 g/mol. The van der Waals surface area contributed by atoms with Crippen molar-refractivity contribution in [1.82, 2.24) is 10.2 Å². The third kappa shape index (κ3) is 4.11. The second kappa shape index (κ2) is 6.80. The number of urea groups is 1. The maximum absolute atomic E-state index is 12.1. The number of likely N-dealkylation sites (tertiary alicyclic amines) is 1. The molecule has 114 valence electrons. The van der Waals surface area contributed by atoms with Crippen LogP contribution in [0.2, 0.25) is 5.02 Å². The summed E-state index contributed by atoms with van der Waals surface area (Å²) in [6, 6.07) is 5.19. The van der Waals surface area contributed by atoms with Crippen molar-refractivity contribution in [3.05, 3.63) is 28.8 Å². The number of hydrogen-bond donors (Lipinski definition) is 2. The molecule has 2 N–H and O–H groups in total. The Kier molecular flexibility index (Phi) is 5.07. The van der Waals surface area contributed by atoms with Gasteiger partial charge in [-0.1, -0.05) is 23.7 Å². The number of anilines is 1. The van der Waals surface area contributed by atoms with E-state index in [2.05, 4.69) is 10.6 Å². The topological polar surface area (TPSA) is 61.4 Å². The Hall–Kier alpha value is -1.75. The molecule has 1 aromatic rings. The summed E-state index contributed by atoms with van der Waals surface area (Å²) in [5.41, 5.74) is 1.53. The first-order chi connectivity index (χ1) is 9.97. The molecule has 0 bridgehead atoms. The van der Waals surface area contributed by atoms with Crippen LogP contribution in [0.5, 0.6) is 0 Å². The first-order valence-corrected chi connectivity index (χ1v) is 7.41. The number of carbonyl (C=O) groups is 2. The van der Waals surface area contributed by atoms with Gasteiger partial charge in [-0.05, 0) is 31.4 Å². The lowest BCUT2D eigenvalue weighted by Crippen LogP contribution is -2.38. The molecule has 1 atom stereocenters. The third-order valence-electron chi connectivity index (χ3n) is 3.74. The quantitative estimate of drug-likeness (QED) is 0.882. The number of hydrogen-bond acceptors (Lipinski definition) is 2. The van der Waals surface area contributed by atoms with Gasteiger partial charge in [-0.2, -0.15) is 0 Å². The van der Waals surface area contributed by atoms with Gasteiger partial charge in [0.25, 0.3) is 0 Å². The van der Waals surface area contributed by atoms with Crippen LogP contribution in [0.4, 0.5) is 10.5 Å². The standard InChI is InChI=1S/C15H20ClN3O2/c1-10-4-3-5-12(16)14(10)18-15(21)17-11-6-7-13(20)19(2)9-8-11/h3-5,11H,6-9H2,1-2H3,(H2,17,18,21). The maximum atomic E-state index is 12.1. The molecule has 0 aromatic heterocycles. The first kappa shape index (κ1) is 15.6. The van der Waals surface area contributed by atoms with Crippen molar-refractivity contribution in [2.75, 3.05) is 18.9 Å². The van der Waals surface area contributed by atoms with E-state index in [0.29, 0.717) is 30.1 Å². The van der Waals surface area contributed by atoms with Gasteiger partial charge in [0.05, 0.1) is 10.7 Å². The van der Waals surface area contributed by atoms with Crippen LogP contribution in [0, 0.1) is 6.92 Å². The average molecular weight is 310 g/mol. The van der Waals surface area contributed by atoms with Gasteiger partial charge in [0.2, 0.25) is 5.91 Å². The van der Waals surface area contributed by atoms with Crippen LogP contribution in [0.3, 0.4) is 0 Å². The van der Waals surface area contributed by atoms with E-state index in [4.69, 9.17) is 11.6 Å². The maximum Gasteiger partial charge on any atom is 0.319 e. The van der Waals surface area contributed by atoms with Gasteiger partial charge >= 0.3 is 6.03 Å². The fourth-order valence-corrected chi connectivity index (χ4v) is 2.65. The fourth-order valence-electron chi connectivity index (χ4n) is 2.38. The molecule has 0 aliphatic carbocycles. The minimum atomic E-state index is -0.284. The number of halogens is 1. The van der Waals surface area contributed by atoms with Crippen LogP contribution in [0.25, 0.3) is 0 Å². The molecule has 6 heteroatoms. The number of nitrogens with zero attached hydrogens (tertiary/aromatic N) is 1. The van der Waals surface area contributed by atoms with Crippen molar-refractivity contribution in [3.8, 4) is 0 Å². The van der Waals surface area contributed by atoms with Crippen molar-refractivity contribution in [1.29, 1.82) is 0 Å². The molecule has 3 amide bonds. The third-order valence-corrected chi connectivity index (χ3v) is 4.06. The lowest BCUT2D eigenvalue weighted by Gasteiger charge is -2.18. The molecule has 1 aliphatic rings. The van der Waals surface area contributed by atoms with Crippen molar-refractivity contribution < 1.29 is 9.59 Å². The Morgan fingerprint density at radius 3 is 2.86 bits per heavy atom. The summed E-state index contributed by atoms with van der Waals surface area (Å²) in [6.07, 6.45) is 1.89. The SMILES string of the molecule is Cc1cccc(Cl)c1NC(=O)NC1CCC(=O)N(C)CC1. The second-order valence-corrected chi connectivity index (χ2v) is 5.78. The average Bonchev–Trinajstić information content (AvgIpc) is 2.59. The summed E-state index contributed by atoms with van der Waals surface area (Å²) in [4.78, 5) is 25.4. The Bertz CT molecular complexity index is 527. The number of nitrogens with one attached hydrogen (secondary N) is 2. The lowest BCUT2D eigenvalue weighted by molar-refractivity contribution is -0.129. The van der Waals surface area contributed by atoms with E-state index < -0.39 is 0 Å². The normalized spacial score (nSPS) is 19.1. The predicted molar refractivity (Wildman–Crippen MR) is 83.6 cm³/mol. The smallest absolute Gasteiger partial charge is 0.319 e. The summed E-state index contributed by atoms with van der Waals surface area (Å²) in [7, 11) is 1.79. The Morgan fingerprint density at radius 2 is 2.14 bits per heavy atom. The molecule has 5 nitrogen and oxygen atoms in total. The van der Waals surface area contributed by atoms with Crippen molar-refractivity contribution >= 4 is 29.2 Å². The van der Waals surface area contributed by atoms with E-state index in [9.17, 15) is 9.59 Å². The zero-order valence-electron chi connectivity index (χ0n) is 12.3. The molecule has 1 heterocycles. The first-order valence-electron chi connectivity index (χ1n) is 7.04. The van der Waals surface area contributed by atoms with Crippen LogP contribution >= 0.6 is 11.6 Å². The van der Waals surface area contributed by atoms with Crippen molar-refractivity contribution in [2.24, 2.45) is 0 Å². The van der Waals surface area contributed by atoms with Gasteiger partial charge in [0, 0.05) is 26.1 Å². The molecule has 1 unspecified atom stereocenters. The summed E-state index contributed by atoms with van der Waals surface area (Å²) in [5.74, 6) is 0.127. The molecule has 0 saturated carbocycles. The zero-order chi connectivity index (χ0) is 15.4. The van der Waals surface area contributed by atoms with Gasteiger partial charge in [-0.25, -0.2) is 4.79 Å². The number of benzene rings is 1. The van der Waals surface area contributed by atoms with Gasteiger partial charge in [0.1, 0.15) is 0 Å². The van der Waals surface area contributed by atoms with Crippen molar-refractivity contribution in [3.63, 3.8) is 0 Å². The molecule has 1 fully saturated rings. The van der Waals surface area contributed by atoms with Crippen LogP contribution in [-0.2, 0) is 4.79 Å². The van der Waals surface area contributed by atoms with E-state index in [1.807, 2.05) is 19.1 Å². The van der Waals surface area contributed by atoms with E-state index in [1.54, 1.807) is 18.0 Å². The number of carbonyl (C=O) groups excluding carboxylic acids is 2. The summed E-state index contributed by atoms with van der Waals surface area (Å²) >= 11 is 6.09. The fraction of sp³-hybridized carbons (Fsp3) is 0.467. The molecule has 1 aromatic carbocycles. The second-order valence-electron chi connectivity index (χ2n) is 5.37. The molecule has 0 spiro atoms. The minimum absolute atomic E-state index is 0.00157. The Balaban J connectivity index is 1.94. The van der Waals surface area contributed by atoms with Crippen LogP contribution in [0.15, 0.2) is 18.2 Å². The largest absolute Gasteiger partial charge is 0.346 e. The van der Waals surface area contributed by atoms with Crippen LogP contribution < -0.4 is 10.6 Å². The summed E-state index contributed by atoms with van der Waals surface area (Å²) in [6.45, 7) is 2.55. The monoisotopic (exact) mass is 309 g/mol. The molecule has 21 heavy (non-hydrogen) atoms. The van der Waals surface area contributed by atoms with Crippen LogP contribution in [-0.4, -0.2) is 36.5 Å². The Morgan fingerprint density at radius 1 is 1.38 bits per heavy atom. The van der Waals surface area contributed by atoms with Gasteiger partial charge < -0.3 is 15.5 Å². The molecule has 2 rings (SSSR count). The highest BCUT2D eigenvalue weighted by molar-refractivity contribution is 6.33. The van der Waals surface area contributed by atoms with Crippen LogP contribution in [0.1, 0.15) is 24.8 Å². The summed E-state index contributed by atoms with van der Waals surface area (Å²) < 4.78 is 0. The van der Waals surface area contributed by atoms with E-state index >= 15 is 0 Å². The molecule has 0 radical (unpaired) electrons. The number of amides is 3. The highest BCUT2D eigenvalue weighted by Gasteiger charge is 2.21. The van der Waals surface area contributed by atoms with E-state index in [-0.39, 0.29) is 18.0 Å². The highest BCUT2D eigenvalue weighted by Crippen LogP contribution is 2.25. The zero-order valence-corrected chi connectivity index (χ0v) is 13.0. The van der Waals surface area contributed by atoms with E-state index in [1.165, 1.54) is 0 Å². The van der Waals surface area contributed by atoms with Gasteiger partial charge in [-0.15, -0.1) is 0 Å². The van der Waals surface area contributed by atoms with Crippen molar-refractivity contribution in [2.45, 2.75) is 32.2 Å². The number of rotatable bonds is 2. The van der Waals surface area contributed by atoms with E-state index in [0.717, 1.165) is 12.0 Å². The summed E-state index contributed by atoms with van der Waals surface area (Å²) in [5, 5.41) is 6.22. The lowest BCUT2D eigenvalue weighted by atomic mass is 10.1. The molecule has 1 aliphatic heterocycles. The predicted octanol–water partition coefficient (Wildman–Crippen LogP) is 2.78. The minimum Gasteiger partial charge on any atom is -0.346 e. The molecule has 1 saturated heterocycles. The Labute approximate surface area is 129 Å². The van der Waals surface area contributed by atoms with Gasteiger partial charge in [0.15, 0.2) is 0 Å².